The summed E-state index contributed by atoms with van der Waals surface area (Å²) in [5.74, 6) is 0. The van der Waals surface area contributed by atoms with Crippen LogP contribution in [0.15, 0.2) is 48.5 Å². The fourth-order valence-corrected chi connectivity index (χ4v) is 1.42. The Labute approximate surface area is 141 Å². The van der Waals surface area contributed by atoms with E-state index in [-0.39, 0.29) is 31.1 Å². The molecule has 0 fully saturated rings. The van der Waals surface area contributed by atoms with Crippen LogP contribution in [0, 0.1) is 57.1 Å². The van der Waals surface area contributed by atoms with Crippen LogP contribution in [0.5, 0.6) is 0 Å². The molecule has 0 spiro atoms. The van der Waals surface area contributed by atoms with Crippen molar-refractivity contribution in [2.24, 2.45) is 0 Å². The van der Waals surface area contributed by atoms with Gasteiger partial charge in [-0.15, -0.1) is 19.9 Å². The number of hydrogen-bond acceptors (Lipinski definition) is 0. The molecule has 0 amide bonds. The molecule has 1 heteroatoms. The maximum Gasteiger partial charge on any atom is 2.00 e. The van der Waals surface area contributed by atoms with Crippen molar-refractivity contribution in [1.82, 2.24) is 0 Å². The second-order valence-electron chi connectivity index (χ2n) is 4.24. The van der Waals surface area contributed by atoms with Gasteiger partial charge in [0.15, 0.2) is 0 Å². The van der Waals surface area contributed by atoms with Crippen LogP contribution in [0.1, 0.15) is 30.5 Å². The van der Waals surface area contributed by atoms with Gasteiger partial charge in [-0.05, 0) is 25.0 Å². The van der Waals surface area contributed by atoms with E-state index in [2.05, 4.69) is 50.3 Å². The van der Waals surface area contributed by atoms with Crippen LogP contribution in [0.4, 0.5) is 0 Å². The number of aryl methyl sites for hydroxylation is 2. The monoisotopic (exact) mass is 474 g/mol. The molecule has 0 aliphatic heterocycles. The Morgan fingerprint density at radius 1 is 0.947 bits per heavy atom. The summed E-state index contributed by atoms with van der Waals surface area (Å²) < 4.78 is 0. The van der Waals surface area contributed by atoms with Gasteiger partial charge in [-0.2, -0.15) is 12.1 Å². The normalized spacial score (nSPS) is 10.0. The van der Waals surface area contributed by atoms with Crippen molar-refractivity contribution >= 4 is 5.57 Å². The summed E-state index contributed by atoms with van der Waals surface area (Å²) in [5, 5.41) is 0. The van der Waals surface area contributed by atoms with Crippen LogP contribution in [0.2, 0.25) is 0 Å². The van der Waals surface area contributed by atoms with Crippen LogP contribution in [-0.2, 0) is 0 Å². The molecule has 0 aliphatic carbocycles. The maximum atomic E-state index is 3.12. The summed E-state index contributed by atoms with van der Waals surface area (Å²) in [6.45, 7) is 8.19. The molecule has 2 rings (SSSR count). The molecule has 0 bridgehead atoms. The Kier molecular flexibility index (Phi) is 9.66. The van der Waals surface area contributed by atoms with Gasteiger partial charge in [0.25, 0.3) is 0 Å². The van der Waals surface area contributed by atoms with E-state index in [1.54, 1.807) is 0 Å². The molecule has 0 nitrogen and oxygen atoms in total. The number of benzene rings is 2. The largest absolute Gasteiger partial charge is 2.00 e. The smallest absolute Gasteiger partial charge is 0.327 e. The fourth-order valence-electron chi connectivity index (χ4n) is 1.42. The minimum Gasteiger partial charge on any atom is -0.327 e. The molecule has 0 radical (unpaired) electrons. The Morgan fingerprint density at radius 3 is 1.84 bits per heavy atom. The van der Waals surface area contributed by atoms with Crippen molar-refractivity contribution in [3.8, 4) is 0 Å². The average molecular weight is 474 g/mol. The van der Waals surface area contributed by atoms with E-state index in [9.17, 15) is 0 Å². The van der Waals surface area contributed by atoms with E-state index < -0.39 is 0 Å². The molecule has 0 atom stereocenters. The third-order valence-corrected chi connectivity index (χ3v) is 2.91. The minimum absolute atomic E-state index is 0. The van der Waals surface area contributed by atoms with Crippen LogP contribution in [0.3, 0.4) is 0 Å². The molecule has 0 aromatic heterocycles. The Hall–Kier alpha value is -0.768. The SMILES string of the molecule is C[C-]=C(C)c1[c-]cccc1.Cc1ccccc1C.[U+2]. The van der Waals surface area contributed by atoms with Crippen LogP contribution in [-0.4, -0.2) is 0 Å². The van der Waals surface area contributed by atoms with Crippen molar-refractivity contribution in [3.63, 3.8) is 0 Å². The maximum absolute atomic E-state index is 3.12. The summed E-state index contributed by atoms with van der Waals surface area (Å²) in [6.07, 6.45) is 3.07. The van der Waals surface area contributed by atoms with Crippen molar-refractivity contribution in [1.29, 1.82) is 0 Å². The molecule has 0 heterocycles. The van der Waals surface area contributed by atoms with Gasteiger partial charge in [0.05, 0.1) is 0 Å². The zero-order valence-electron chi connectivity index (χ0n) is 12.1. The first-order chi connectivity index (χ1) is 8.65. The topological polar surface area (TPSA) is 0 Å². The third-order valence-electron chi connectivity index (χ3n) is 2.91. The second-order valence-corrected chi connectivity index (χ2v) is 4.24. The van der Waals surface area contributed by atoms with Gasteiger partial charge in [0, 0.05) is 0 Å². The van der Waals surface area contributed by atoms with Crippen molar-refractivity contribution in [2.45, 2.75) is 27.7 Å². The predicted molar refractivity (Wildman–Crippen MR) is 79.2 cm³/mol. The summed E-state index contributed by atoms with van der Waals surface area (Å²) in [4.78, 5) is 0. The van der Waals surface area contributed by atoms with Gasteiger partial charge in [-0.25, -0.2) is 12.1 Å². The Bertz CT molecular complexity index is 477. The standard InChI is InChI=1S/C10H10.C8H10.U/c1-3-9(2)10-7-5-4-6-8-10;1-7-5-3-4-6-8(7)2;/h4-7H,1-2H3;3-6H,1-2H3;/q-2;;+2. The second kappa shape index (κ2) is 10.1. The number of hydrogen-bond donors (Lipinski definition) is 0. The molecule has 2 aromatic carbocycles. The molecule has 0 aliphatic rings. The Morgan fingerprint density at radius 2 is 1.47 bits per heavy atom. The molecular weight excluding hydrogens is 454 g/mol. The van der Waals surface area contributed by atoms with Crippen molar-refractivity contribution < 1.29 is 31.1 Å². The van der Waals surface area contributed by atoms with Gasteiger partial charge < -0.3 is 17.2 Å². The average Bonchev–Trinajstić information content (AvgIpc) is 2.43. The summed E-state index contributed by atoms with van der Waals surface area (Å²) in [7, 11) is 0. The first-order valence-electron chi connectivity index (χ1n) is 6.15. The molecule has 0 saturated carbocycles. The van der Waals surface area contributed by atoms with Crippen LogP contribution in [0.25, 0.3) is 5.57 Å². The van der Waals surface area contributed by atoms with Crippen molar-refractivity contribution in [2.75, 3.05) is 0 Å². The Balaban J connectivity index is 0.000000331. The van der Waals surface area contributed by atoms with Gasteiger partial charge in [-0.3, -0.25) is 0 Å². The first kappa shape index (κ1) is 18.2. The molecule has 0 unspecified atom stereocenters. The molecular formula is C18H20U. The van der Waals surface area contributed by atoms with Gasteiger partial charge in [-0.1, -0.05) is 24.3 Å². The van der Waals surface area contributed by atoms with E-state index in [0.717, 1.165) is 11.1 Å². The van der Waals surface area contributed by atoms with Crippen molar-refractivity contribution in [3.05, 3.63) is 77.4 Å². The number of rotatable bonds is 1. The van der Waals surface area contributed by atoms with E-state index >= 15 is 0 Å². The fraction of sp³-hybridized carbons (Fsp3) is 0.222. The van der Waals surface area contributed by atoms with Gasteiger partial charge in [0.2, 0.25) is 0 Å². The zero-order chi connectivity index (χ0) is 13.4. The van der Waals surface area contributed by atoms with Gasteiger partial charge in [0.1, 0.15) is 0 Å². The quantitative estimate of drug-likeness (QED) is 0.510. The third kappa shape index (κ3) is 6.81. The molecule has 0 N–H and O–H groups in total. The minimum atomic E-state index is 0. The molecule has 96 valence electrons. The zero-order valence-corrected chi connectivity index (χ0v) is 16.3. The summed E-state index contributed by atoms with van der Waals surface area (Å²) >= 11 is 0. The van der Waals surface area contributed by atoms with Gasteiger partial charge >= 0.3 is 31.1 Å². The summed E-state index contributed by atoms with van der Waals surface area (Å²) in [6, 6.07) is 19.4. The number of allylic oxidation sites excluding steroid dienone is 2. The first-order valence-corrected chi connectivity index (χ1v) is 6.15. The van der Waals surface area contributed by atoms with Crippen LogP contribution < -0.4 is 0 Å². The van der Waals surface area contributed by atoms with Crippen LogP contribution >= 0.6 is 0 Å². The predicted octanol–water partition coefficient (Wildman–Crippen LogP) is 5.02. The van der Waals surface area contributed by atoms with E-state index in [4.69, 9.17) is 0 Å². The van der Waals surface area contributed by atoms with E-state index in [1.807, 2.05) is 38.1 Å². The van der Waals surface area contributed by atoms with E-state index in [1.165, 1.54) is 11.1 Å². The van der Waals surface area contributed by atoms with E-state index in [0.29, 0.717) is 0 Å². The summed E-state index contributed by atoms with van der Waals surface area (Å²) in [5.41, 5.74) is 5.02. The molecule has 2 aromatic rings. The molecule has 19 heavy (non-hydrogen) atoms. The molecule has 0 saturated heterocycles.